The van der Waals surface area contributed by atoms with Gasteiger partial charge in [0.25, 0.3) is 0 Å². The van der Waals surface area contributed by atoms with Gasteiger partial charge in [-0.05, 0) is 61.4 Å². The van der Waals surface area contributed by atoms with E-state index in [1.165, 1.54) is 22.4 Å². The first-order valence-corrected chi connectivity index (χ1v) is 11.5. The Kier molecular flexibility index (Phi) is 5.20. The molecular formula is C26H31N3O2. The maximum absolute atomic E-state index is 13.8. The first-order valence-electron chi connectivity index (χ1n) is 11.5. The summed E-state index contributed by atoms with van der Waals surface area (Å²) in [6, 6.07) is 14.1. The van der Waals surface area contributed by atoms with Crippen molar-refractivity contribution in [2.45, 2.75) is 39.2 Å². The number of anilines is 1. The van der Waals surface area contributed by atoms with Crippen LogP contribution in [0, 0.1) is 19.8 Å². The number of hydrogen-bond donors (Lipinski definition) is 0. The number of fused-ring (bicyclic) bond motifs is 1. The van der Waals surface area contributed by atoms with Crippen molar-refractivity contribution >= 4 is 17.5 Å². The standard InChI is InChI=1S/C26H31N3O2/c1-18-6-5-9-23(19(18)2)27-14-16-28(17-15-27)26(31)24-22-8-4-3-7-20(22)12-13-29(24)25(30)21-10-11-21/h3-9,21,24H,10-17H2,1-2H3/t24-/m1/s1. The highest BCUT2D eigenvalue weighted by Gasteiger charge is 2.43. The highest BCUT2D eigenvalue weighted by atomic mass is 16.2. The fourth-order valence-corrected chi connectivity index (χ4v) is 5.05. The van der Waals surface area contributed by atoms with E-state index in [1.54, 1.807) is 0 Å². The second-order valence-corrected chi connectivity index (χ2v) is 9.19. The quantitative estimate of drug-likeness (QED) is 0.768. The monoisotopic (exact) mass is 417 g/mol. The molecule has 2 aliphatic heterocycles. The van der Waals surface area contributed by atoms with Crippen LogP contribution >= 0.6 is 0 Å². The molecule has 0 aromatic heterocycles. The average Bonchev–Trinajstić information content (AvgIpc) is 3.65. The second kappa shape index (κ2) is 8.03. The summed E-state index contributed by atoms with van der Waals surface area (Å²) in [5, 5.41) is 0. The van der Waals surface area contributed by atoms with Gasteiger partial charge in [-0.3, -0.25) is 9.59 Å². The van der Waals surface area contributed by atoms with Crippen LogP contribution in [0.25, 0.3) is 0 Å². The zero-order valence-corrected chi connectivity index (χ0v) is 18.5. The van der Waals surface area contributed by atoms with Gasteiger partial charge in [-0.25, -0.2) is 0 Å². The van der Waals surface area contributed by atoms with Crippen molar-refractivity contribution in [2.24, 2.45) is 5.92 Å². The van der Waals surface area contributed by atoms with Crippen LogP contribution in [0.5, 0.6) is 0 Å². The molecule has 0 spiro atoms. The highest BCUT2D eigenvalue weighted by molar-refractivity contribution is 5.91. The van der Waals surface area contributed by atoms with Gasteiger partial charge in [-0.2, -0.15) is 0 Å². The number of benzene rings is 2. The first-order chi connectivity index (χ1) is 15.0. The van der Waals surface area contributed by atoms with Crippen LogP contribution in [0.1, 0.15) is 41.1 Å². The molecule has 162 valence electrons. The van der Waals surface area contributed by atoms with Gasteiger partial charge < -0.3 is 14.7 Å². The molecule has 2 aromatic rings. The van der Waals surface area contributed by atoms with E-state index >= 15 is 0 Å². The molecule has 5 nitrogen and oxygen atoms in total. The molecule has 2 amide bonds. The molecule has 1 atom stereocenters. The molecule has 0 bridgehead atoms. The topological polar surface area (TPSA) is 43.9 Å². The Morgan fingerprint density at radius 2 is 1.58 bits per heavy atom. The van der Waals surface area contributed by atoms with Gasteiger partial charge in [0.2, 0.25) is 11.8 Å². The first kappa shape index (κ1) is 20.1. The van der Waals surface area contributed by atoms with Gasteiger partial charge >= 0.3 is 0 Å². The van der Waals surface area contributed by atoms with Crippen molar-refractivity contribution < 1.29 is 9.59 Å². The van der Waals surface area contributed by atoms with Gasteiger partial charge in [0.15, 0.2) is 0 Å². The van der Waals surface area contributed by atoms with E-state index in [2.05, 4.69) is 43.0 Å². The summed E-state index contributed by atoms with van der Waals surface area (Å²) in [6.07, 6.45) is 2.76. The lowest BCUT2D eigenvalue weighted by molar-refractivity contribution is -0.147. The molecule has 3 aliphatic rings. The zero-order valence-electron chi connectivity index (χ0n) is 18.5. The molecule has 2 heterocycles. The zero-order chi connectivity index (χ0) is 21.5. The Morgan fingerprint density at radius 1 is 0.839 bits per heavy atom. The van der Waals surface area contributed by atoms with E-state index in [9.17, 15) is 9.59 Å². The van der Waals surface area contributed by atoms with Gasteiger partial charge in [0.1, 0.15) is 6.04 Å². The van der Waals surface area contributed by atoms with Crippen LogP contribution < -0.4 is 4.90 Å². The molecule has 2 aromatic carbocycles. The largest absolute Gasteiger partial charge is 0.368 e. The number of amides is 2. The number of rotatable bonds is 3. The molecule has 31 heavy (non-hydrogen) atoms. The molecule has 2 fully saturated rings. The fourth-order valence-electron chi connectivity index (χ4n) is 5.05. The minimum atomic E-state index is -0.467. The number of piperazine rings is 1. The summed E-state index contributed by atoms with van der Waals surface area (Å²) >= 11 is 0. The van der Waals surface area contributed by atoms with E-state index in [1.807, 2.05) is 28.0 Å². The van der Waals surface area contributed by atoms with Gasteiger partial charge in [0.05, 0.1) is 0 Å². The number of carbonyl (C=O) groups excluding carboxylic acids is 2. The Morgan fingerprint density at radius 3 is 2.32 bits per heavy atom. The molecular weight excluding hydrogens is 386 g/mol. The van der Waals surface area contributed by atoms with Crippen molar-refractivity contribution in [2.75, 3.05) is 37.6 Å². The summed E-state index contributed by atoms with van der Waals surface area (Å²) in [6.45, 7) is 7.98. The molecule has 0 radical (unpaired) electrons. The van der Waals surface area contributed by atoms with Crippen LogP contribution in [0.4, 0.5) is 5.69 Å². The van der Waals surface area contributed by atoms with Gasteiger partial charge in [0, 0.05) is 44.3 Å². The second-order valence-electron chi connectivity index (χ2n) is 9.19. The Balaban J connectivity index is 1.36. The molecule has 5 heteroatoms. The third kappa shape index (κ3) is 3.71. The number of nitrogens with zero attached hydrogens (tertiary/aromatic N) is 3. The van der Waals surface area contributed by atoms with Crippen LogP contribution in [0.15, 0.2) is 42.5 Å². The molecule has 1 saturated carbocycles. The van der Waals surface area contributed by atoms with Gasteiger partial charge in [-0.1, -0.05) is 36.4 Å². The lowest BCUT2D eigenvalue weighted by atomic mass is 9.91. The Hall–Kier alpha value is -2.82. The van der Waals surface area contributed by atoms with E-state index in [-0.39, 0.29) is 17.7 Å². The van der Waals surface area contributed by atoms with E-state index in [4.69, 9.17) is 0 Å². The summed E-state index contributed by atoms with van der Waals surface area (Å²) < 4.78 is 0. The molecule has 0 unspecified atom stereocenters. The highest BCUT2D eigenvalue weighted by Crippen LogP contribution is 2.38. The summed E-state index contributed by atoms with van der Waals surface area (Å²) in [4.78, 5) is 33.0. The van der Waals surface area contributed by atoms with E-state index in [0.29, 0.717) is 19.6 Å². The number of carbonyl (C=O) groups is 2. The molecule has 5 rings (SSSR count). The number of aryl methyl sites for hydroxylation is 1. The van der Waals surface area contributed by atoms with E-state index < -0.39 is 6.04 Å². The lowest BCUT2D eigenvalue weighted by Crippen LogP contribution is -2.54. The van der Waals surface area contributed by atoms with Crippen LogP contribution in [-0.4, -0.2) is 54.3 Å². The fraction of sp³-hybridized carbons (Fsp3) is 0.462. The molecule has 1 saturated heterocycles. The summed E-state index contributed by atoms with van der Waals surface area (Å²) in [5.74, 6) is 0.380. The Labute approximate surface area is 184 Å². The Bertz CT molecular complexity index is 1010. The van der Waals surface area contributed by atoms with E-state index in [0.717, 1.165) is 37.9 Å². The summed E-state index contributed by atoms with van der Waals surface area (Å²) in [5.41, 5.74) is 6.09. The van der Waals surface area contributed by atoms with Crippen molar-refractivity contribution in [1.29, 1.82) is 0 Å². The average molecular weight is 418 g/mol. The third-order valence-corrected chi connectivity index (χ3v) is 7.24. The minimum absolute atomic E-state index is 0.0850. The molecule has 1 aliphatic carbocycles. The smallest absolute Gasteiger partial charge is 0.250 e. The minimum Gasteiger partial charge on any atom is -0.368 e. The van der Waals surface area contributed by atoms with Crippen LogP contribution in [0.2, 0.25) is 0 Å². The summed E-state index contributed by atoms with van der Waals surface area (Å²) in [7, 11) is 0. The van der Waals surface area contributed by atoms with Crippen molar-refractivity contribution in [3.63, 3.8) is 0 Å². The lowest BCUT2D eigenvalue weighted by Gasteiger charge is -2.42. The van der Waals surface area contributed by atoms with Crippen molar-refractivity contribution in [3.8, 4) is 0 Å². The SMILES string of the molecule is Cc1cccc(N2CCN(C(=O)[C@H]3c4ccccc4CCN3C(=O)C3CC3)CC2)c1C. The van der Waals surface area contributed by atoms with Crippen LogP contribution in [0.3, 0.4) is 0 Å². The maximum Gasteiger partial charge on any atom is 0.250 e. The normalized spacial score (nSPS) is 21.1. The van der Waals surface area contributed by atoms with Crippen LogP contribution in [-0.2, 0) is 16.0 Å². The van der Waals surface area contributed by atoms with Crippen molar-refractivity contribution in [3.05, 3.63) is 64.7 Å². The maximum atomic E-state index is 13.8. The predicted molar refractivity (Wildman–Crippen MR) is 122 cm³/mol. The van der Waals surface area contributed by atoms with Gasteiger partial charge in [-0.15, -0.1) is 0 Å². The number of hydrogen-bond acceptors (Lipinski definition) is 3. The third-order valence-electron chi connectivity index (χ3n) is 7.24. The predicted octanol–water partition coefficient (Wildman–Crippen LogP) is 3.49. The molecule has 0 N–H and O–H groups in total. The van der Waals surface area contributed by atoms with Crippen molar-refractivity contribution in [1.82, 2.24) is 9.80 Å².